The van der Waals surface area contributed by atoms with Crippen LogP contribution in [0.5, 0.6) is 0 Å². The van der Waals surface area contributed by atoms with Crippen molar-refractivity contribution in [3.05, 3.63) is 29.3 Å². The molecule has 0 radical (unpaired) electrons. The maximum absolute atomic E-state index is 11.5. The molecular formula is C10H9N3O4S. The lowest BCUT2D eigenvalue weighted by atomic mass is 10.3. The minimum absolute atomic E-state index is 0.0582. The zero-order chi connectivity index (χ0) is 13.0. The fourth-order valence-corrected chi connectivity index (χ4v) is 1.82. The van der Waals surface area contributed by atoms with E-state index in [9.17, 15) is 9.59 Å². The first-order chi connectivity index (χ1) is 8.66. The third-order valence-corrected chi connectivity index (χ3v) is 2.77. The average molecular weight is 267 g/mol. The molecule has 0 bridgehead atoms. The number of carbonyl (C=O) groups excluding carboxylic acids is 2. The number of hydrogen-bond donors (Lipinski definition) is 2. The van der Waals surface area contributed by atoms with Crippen molar-refractivity contribution in [2.24, 2.45) is 5.73 Å². The molecule has 0 atom stereocenters. The Labute approximate surface area is 105 Å². The van der Waals surface area contributed by atoms with Gasteiger partial charge in [0.25, 0.3) is 5.91 Å². The Bertz CT molecular complexity index is 549. The van der Waals surface area contributed by atoms with Crippen molar-refractivity contribution in [1.29, 1.82) is 0 Å². The van der Waals surface area contributed by atoms with Gasteiger partial charge in [0.2, 0.25) is 5.91 Å². The smallest absolute Gasteiger partial charge is 0.297 e. The summed E-state index contributed by atoms with van der Waals surface area (Å²) in [5.74, 6) is -0.803. The van der Waals surface area contributed by atoms with Gasteiger partial charge < -0.3 is 10.3 Å². The summed E-state index contributed by atoms with van der Waals surface area (Å²) in [5.41, 5.74) is 6.93. The number of aromatic nitrogens is 1. The van der Waals surface area contributed by atoms with Gasteiger partial charge in [0.15, 0.2) is 18.1 Å². The minimum atomic E-state index is -0.685. The number of primary amides is 1. The highest BCUT2D eigenvalue weighted by Gasteiger charge is 2.14. The zero-order valence-corrected chi connectivity index (χ0v) is 9.90. The van der Waals surface area contributed by atoms with Crippen LogP contribution in [0.4, 0.5) is 0 Å². The van der Waals surface area contributed by atoms with Gasteiger partial charge in [0, 0.05) is 6.07 Å². The van der Waals surface area contributed by atoms with E-state index in [0.29, 0.717) is 5.76 Å². The molecule has 2 aromatic rings. The molecule has 7 nitrogen and oxygen atoms in total. The van der Waals surface area contributed by atoms with Crippen LogP contribution in [0.15, 0.2) is 28.1 Å². The quantitative estimate of drug-likeness (QED) is 0.769. The van der Waals surface area contributed by atoms with Gasteiger partial charge in [-0.2, -0.15) is 0 Å². The summed E-state index contributed by atoms with van der Waals surface area (Å²) in [6.07, 6.45) is 0. The summed E-state index contributed by atoms with van der Waals surface area (Å²) in [5, 5.41) is 5.48. The third kappa shape index (κ3) is 2.93. The molecule has 0 aliphatic rings. The van der Waals surface area contributed by atoms with Crippen LogP contribution in [0.2, 0.25) is 0 Å². The summed E-state index contributed by atoms with van der Waals surface area (Å²) in [6, 6.07) is 5.18. The number of nitrogens with zero attached hydrogens (tertiary/aromatic N) is 1. The maximum Gasteiger partial charge on any atom is 0.297 e. The number of hydrogen-bond acceptors (Lipinski definition) is 6. The van der Waals surface area contributed by atoms with Crippen LogP contribution < -0.4 is 11.2 Å². The molecule has 0 aliphatic carbocycles. The number of nitrogens with one attached hydrogen (secondary N) is 1. The third-order valence-electron chi connectivity index (χ3n) is 1.89. The maximum atomic E-state index is 11.5. The molecule has 18 heavy (non-hydrogen) atoms. The van der Waals surface area contributed by atoms with E-state index in [0.717, 1.165) is 4.88 Å². The van der Waals surface area contributed by atoms with Gasteiger partial charge in [0.05, 0.1) is 4.88 Å². The Morgan fingerprint density at radius 2 is 2.39 bits per heavy atom. The van der Waals surface area contributed by atoms with Crippen molar-refractivity contribution < 1.29 is 18.9 Å². The van der Waals surface area contributed by atoms with E-state index in [1.807, 2.05) is 23.0 Å². The second-order valence-corrected chi connectivity index (χ2v) is 4.19. The molecule has 0 aliphatic heterocycles. The second-order valence-electron chi connectivity index (χ2n) is 3.24. The normalized spacial score (nSPS) is 10.2. The number of hydroxylamine groups is 1. The first-order valence-electron chi connectivity index (χ1n) is 4.88. The lowest BCUT2D eigenvalue weighted by Crippen LogP contribution is -2.29. The molecule has 0 unspecified atom stereocenters. The molecular weight excluding hydrogens is 258 g/mol. The van der Waals surface area contributed by atoms with Crippen LogP contribution in [0.25, 0.3) is 10.6 Å². The molecule has 3 N–H and O–H groups in total. The van der Waals surface area contributed by atoms with E-state index >= 15 is 0 Å². The molecule has 2 aromatic heterocycles. The lowest BCUT2D eigenvalue weighted by Gasteiger charge is -1.99. The van der Waals surface area contributed by atoms with Gasteiger partial charge in [-0.3, -0.25) is 14.4 Å². The van der Waals surface area contributed by atoms with Crippen LogP contribution in [-0.2, 0) is 9.63 Å². The van der Waals surface area contributed by atoms with Crippen molar-refractivity contribution in [2.45, 2.75) is 0 Å². The highest BCUT2D eigenvalue weighted by molar-refractivity contribution is 7.13. The highest BCUT2D eigenvalue weighted by Crippen LogP contribution is 2.24. The topological polar surface area (TPSA) is 107 Å². The molecule has 0 spiro atoms. The number of carbonyl (C=O) groups is 2. The van der Waals surface area contributed by atoms with Gasteiger partial charge in [-0.15, -0.1) is 11.3 Å². The summed E-state index contributed by atoms with van der Waals surface area (Å²) in [4.78, 5) is 27.3. The summed E-state index contributed by atoms with van der Waals surface area (Å²) in [6.45, 7) is -0.401. The van der Waals surface area contributed by atoms with Gasteiger partial charge in [-0.25, -0.2) is 5.48 Å². The Kier molecular flexibility index (Phi) is 3.70. The van der Waals surface area contributed by atoms with Crippen LogP contribution in [0.3, 0.4) is 0 Å². The average Bonchev–Trinajstić information content (AvgIpc) is 2.99. The van der Waals surface area contributed by atoms with E-state index in [1.165, 1.54) is 17.4 Å². The van der Waals surface area contributed by atoms with E-state index < -0.39 is 18.4 Å². The molecule has 2 rings (SSSR count). The Hall–Kier alpha value is -2.19. The van der Waals surface area contributed by atoms with Crippen molar-refractivity contribution in [3.63, 3.8) is 0 Å². The zero-order valence-electron chi connectivity index (χ0n) is 9.08. The number of thiophene rings is 1. The van der Waals surface area contributed by atoms with E-state index in [-0.39, 0.29) is 5.69 Å². The van der Waals surface area contributed by atoms with Gasteiger partial charge in [0.1, 0.15) is 0 Å². The largest absolute Gasteiger partial charge is 0.368 e. The summed E-state index contributed by atoms with van der Waals surface area (Å²) < 4.78 is 5.01. The first kappa shape index (κ1) is 12.3. The number of amides is 2. The van der Waals surface area contributed by atoms with E-state index in [1.54, 1.807) is 0 Å². The van der Waals surface area contributed by atoms with Crippen molar-refractivity contribution in [1.82, 2.24) is 10.6 Å². The fraction of sp³-hybridized carbons (Fsp3) is 0.100. The SMILES string of the molecule is NC(=O)CONC(=O)c1cc(-c2cccs2)on1. The van der Waals surface area contributed by atoms with Crippen LogP contribution >= 0.6 is 11.3 Å². The molecule has 8 heteroatoms. The van der Waals surface area contributed by atoms with Gasteiger partial charge >= 0.3 is 0 Å². The van der Waals surface area contributed by atoms with Gasteiger partial charge in [-0.05, 0) is 11.4 Å². The molecule has 94 valence electrons. The van der Waals surface area contributed by atoms with Crippen molar-refractivity contribution >= 4 is 23.2 Å². The molecule has 0 saturated heterocycles. The number of nitrogens with two attached hydrogens (primary N) is 1. The summed E-state index contributed by atoms with van der Waals surface area (Å²) in [7, 11) is 0. The molecule has 2 heterocycles. The standard InChI is InChI=1S/C10H9N3O4S/c11-9(14)5-16-13-10(15)6-4-7(17-12-6)8-2-1-3-18-8/h1-4H,5H2,(H2,11,14)(H,13,15). The van der Waals surface area contributed by atoms with Crippen molar-refractivity contribution in [2.75, 3.05) is 6.61 Å². The molecule has 0 saturated carbocycles. The summed E-state index contributed by atoms with van der Waals surface area (Å²) >= 11 is 1.46. The molecule has 0 fully saturated rings. The van der Waals surface area contributed by atoms with Gasteiger partial charge in [-0.1, -0.05) is 11.2 Å². The number of rotatable bonds is 5. The molecule has 2 amide bonds. The Morgan fingerprint density at radius 1 is 1.56 bits per heavy atom. The first-order valence-corrected chi connectivity index (χ1v) is 5.76. The Morgan fingerprint density at radius 3 is 3.06 bits per heavy atom. The van der Waals surface area contributed by atoms with E-state index in [4.69, 9.17) is 10.3 Å². The fourth-order valence-electron chi connectivity index (χ4n) is 1.14. The minimum Gasteiger partial charge on any atom is -0.368 e. The molecule has 0 aromatic carbocycles. The van der Waals surface area contributed by atoms with Crippen molar-refractivity contribution in [3.8, 4) is 10.6 Å². The van der Waals surface area contributed by atoms with Crippen LogP contribution in [0, 0.1) is 0 Å². The highest BCUT2D eigenvalue weighted by atomic mass is 32.1. The predicted molar refractivity (Wildman–Crippen MR) is 62.4 cm³/mol. The lowest BCUT2D eigenvalue weighted by molar-refractivity contribution is -0.124. The van der Waals surface area contributed by atoms with Crippen LogP contribution in [-0.4, -0.2) is 23.6 Å². The monoisotopic (exact) mass is 267 g/mol. The predicted octanol–water partition coefficient (Wildman–Crippen LogP) is 0.550. The van der Waals surface area contributed by atoms with Crippen LogP contribution in [0.1, 0.15) is 10.5 Å². The second kappa shape index (κ2) is 5.43. The Balaban J connectivity index is 1.97. The van der Waals surface area contributed by atoms with E-state index in [2.05, 4.69) is 9.99 Å².